The molecular formula is C24H25FN2O5S. The predicted octanol–water partition coefficient (Wildman–Crippen LogP) is 3.66. The van der Waals surface area contributed by atoms with Crippen molar-refractivity contribution < 1.29 is 27.1 Å². The lowest BCUT2D eigenvalue weighted by molar-refractivity contribution is -0.119. The molecule has 33 heavy (non-hydrogen) atoms. The molecule has 0 bridgehead atoms. The fourth-order valence-electron chi connectivity index (χ4n) is 3.27. The van der Waals surface area contributed by atoms with Gasteiger partial charge in [0, 0.05) is 12.6 Å². The standard InChI is InChI=1S/C24H25FN2O5S/c1-17-7-6-8-18(13-17)15-26-24(28)16-27(21-10-5-4-9-20(21)25)33(29,30)19-11-12-22(31-2)23(14-19)32-3/h4-14H,15-16H2,1-3H3,(H,26,28). The summed E-state index contributed by atoms with van der Waals surface area (Å²) < 4.78 is 52.7. The third-order valence-corrected chi connectivity index (χ3v) is 6.68. The van der Waals surface area contributed by atoms with E-state index in [2.05, 4.69) is 5.32 Å². The fraction of sp³-hybridized carbons (Fsp3) is 0.208. The molecule has 0 saturated heterocycles. The van der Waals surface area contributed by atoms with Gasteiger partial charge in [0.05, 0.1) is 24.8 Å². The van der Waals surface area contributed by atoms with E-state index in [1.54, 1.807) is 0 Å². The van der Waals surface area contributed by atoms with Crippen molar-refractivity contribution >= 4 is 21.6 Å². The summed E-state index contributed by atoms with van der Waals surface area (Å²) in [6, 6.07) is 17.0. The third-order valence-electron chi connectivity index (χ3n) is 4.92. The molecule has 3 aromatic carbocycles. The second-order valence-corrected chi connectivity index (χ2v) is 9.11. The Morgan fingerprint density at radius 3 is 2.36 bits per heavy atom. The number of ether oxygens (including phenoxy) is 2. The summed E-state index contributed by atoms with van der Waals surface area (Å²) in [4.78, 5) is 12.5. The Kier molecular flexibility index (Phi) is 7.55. The number of carbonyl (C=O) groups is 1. The molecule has 7 nitrogen and oxygen atoms in total. The van der Waals surface area contributed by atoms with Crippen LogP contribution in [-0.2, 0) is 21.4 Å². The molecular weight excluding hydrogens is 447 g/mol. The number of benzene rings is 3. The molecule has 3 rings (SSSR count). The van der Waals surface area contributed by atoms with Crippen LogP contribution >= 0.6 is 0 Å². The Morgan fingerprint density at radius 1 is 0.970 bits per heavy atom. The van der Waals surface area contributed by atoms with Crippen molar-refractivity contribution in [1.29, 1.82) is 0 Å². The molecule has 0 heterocycles. The number of amides is 1. The van der Waals surface area contributed by atoms with Crippen molar-refractivity contribution in [3.8, 4) is 11.5 Å². The molecule has 0 radical (unpaired) electrons. The van der Waals surface area contributed by atoms with Gasteiger partial charge >= 0.3 is 0 Å². The number of anilines is 1. The average molecular weight is 473 g/mol. The zero-order chi connectivity index (χ0) is 24.0. The van der Waals surface area contributed by atoms with Gasteiger partial charge in [0.2, 0.25) is 5.91 Å². The lowest BCUT2D eigenvalue weighted by Gasteiger charge is -2.25. The van der Waals surface area contributed by atoms with Gasteiger partial charge in [0.1, 0.15) is 12.4 Å². The molecule has 0 aliphatic heterocycles. The molecule has 0 saturated carbocycles. The van der Waals surface area contributed by atoms with Crippen molar-refractivity contribution in [2.45, 2.75) is 18.4 Å². The van der Waals surface area contributed by atoms with Gasteiger partial charge in [-0.1, -0.05) is 42.0 Å². The number of aryl methyl sites for hydroxylation is 1. The summed E-state index contributed by atoms with van der Waals surface area (Å²) in [5.74, 6) is -0.822. The van der Waals surface area contributed by atoms with Crippen LogP contribution in [0.1, 0.15) is 11.1 Å². The van der Waals surface area contributed by atoms with Gasteiger partial charge < -0.3 is 14.8 Å². The summed E-state index contributed by atoms with van der Waals surface area (Å²) in [5.41, 5.74) is 1.66. The van der Waals surface area contributed by atoms with E-state index >= 15 is 0 Å². The number of sulfonamides is 1. The van der Waals surface area contributed by atoms with E-state index < -0.39 is 28.3 Å². The number of nitrogens with one attached hydrogen (secondary N) is 1. The first-order valence-electron chi connectivity index (χ1n) is 10.1. The van der Waals surface area contributed by atoms with E-state index in [9.17, 15) is 17.6 Å². The quantitative estimate of drug-likeness (QED) is 0.514. The minimum absolute atomic E-state index is 0.171. The minimum Gasteiger partial charge on any atom is -0.493 e. The Bertz CT molecular complexity index is 1250. The van der Waals surface area contributed by atoms with E-state index in [-0.39, 0.29) is 22.9 Å². The largest absolute Gasteiger partial charge is 0.493 e. The van der Waals surface area contributed by atoms with E-state index in [4.69, 9.17) is 9.47 Å². The number of hydrogen-bond acceptors (Lipinski definition) is 5. The van der Waals surface area contributed by atoms with Gasteiger partial charge in [-0.05, 0) is 36.8 Å². The number of nitrogens with zero attached hydrogens (tertiary/aromatic N) is 1. The van der Waals surface area contributed by atoms with E-state index in [0.29, 0.717) is 5.75 Å². The van der Waals surface area contributed by atoms with E-state index in [1.807, 2.05) is 31.2 Å². The van der Waals surface area contributed by atoms with Crippen LogP contribution in [0.3, 0.4) is 0 Å². The van der Waals surface area contributed by atoms with Crippen LogP contribution in [-0.4, -0.2) is 35.1 Å². The second-order valence-electron chi connectivity index (χ2n) is 7.25. The molecule has 0 aliphatic carbocycles. The molecule has 1 N–H and O–H groups in total. The molecule has 0 fully saturated rings. The normalized spacial score (nSPS) is 11.0. The highest BCUT2D eigenvalue weighted by molar-refractivity contribution is 7.92. The van der Waals surface area contributed by atoms with Crippen LogP contribution in [0.5, 0.6) is 11.5 Å². The summed E-state index contributed by atoms with van der Waals surface area (Å²) in [6.45, 7) is 1.53. The van der Waals surface area contributed by atoms with E-state index in [0.717, 1.165) is 21.5 Å². The number of rotatable bonds is 9. The number of hydrogen-bond donors (Lipinski definition) is 1. The van der Waals surface area contributed by atoms with Crippen LogP contribution < -0.4 is 19.1 Å². The molecule has 0 aliphatic rings. The third kappa shape index (κ3) is 5.61. The Labute approximate surface area is 192 Å². The number of halogens is 1. The molecule has 0 spiro atoms. The lowest BCUT2D eigenvalue weighted by atomic mass is 10.1. The van der Waals surface area contributed by atoms with Gasteiger partial charge in [0.15, 0.2) is 11.5 Å². The van der Waals surface area contributed by atoms with Crippen molar-refractivity contribution in [3.63, 3.8) is 0 Å². The molecule has 0 unspecified atom stereocenters. The number of para-hydroxylation sites is 1. The number of methoxy groups -OCH3 is 2. The smallest absolute Gasteiger partial charge is 0.265 e. The molecule has 1 amide bonds. The van der Waals surface area contributed by atoms with Gasteiger partial charge in [-0.15, -0.1) is 0 Å². The molecule has 9 heteroatoms. The van der Waals surface area contributed by atoms with Crippen LogP contribution in [0.4, 0.5) is 10.1 Å². The molecule has 0 aromatic heterocycles. The Balaban J connectivity index is 1.93. The maximum absolute atomic E-state index is 14.6. The minimum atomic E-state index is -4.32. The Morgan fingerprint density at radius 2 is 1.70 bits per heavy atom. The van der Waals surface area contributed by atoms with Gasteiger partial charge in [-0.25, -0.2) is 12.8 Å². The highest BCUT2D eigenvalue weighted by Gasteiger charge is 2.30. The zero-order valence-corrected chi connectivity index (χ0v) is 19.4. The summed E-state index contributed by atoms with van der Waals surface area (Å²) >= 11 is 0. The second kappa shape index (κ2) is 10.4. The topological polar surface area (TPSA) is 84.9 Å². The van der Waals surface area contributed by atoms with Crippen LogP contribution in [0.2, 0.25) is 0 Å². The van der Waals surface area contributed by atoms with Crippen molar-refractivity contribution in [2.75, 3.05) is 25.1 Å². The zero-order valence-electron chi connectivity index (χ0n) is 18.5. The SMILES string of the molecule is COc1ccc(S(=O)(=O)N(CC(=O)NCc2cccc(C)c2)c2ccccc2F)cc1OC. The van der Waals surface area contributed by atoms with Crippen LogP contribution in [0.25, 0.3) is 0 Å². The van der Waals surface area contributed by atoms with E-state index in [1.165, 1.54) is 50.6 Å². The summed E-state index contributed by atoms with van der Waals surface area (Å²) in [5, 5.41) is 2.70. The van der Waals surface area contributed by atoms with Crippen molar-refractivity contribution in [2.24, 2.45) is 0 Å². The van der Waals surface area contributed by atoms with Gasteiger partial charge in [-0.2, -0.15) is 0 Å². The first-order chi connectivity index (χ1) is 15.8. The van der Waals surface area contributed by atoms with Crippen LogP contribution in [0.15, 0.2) is 71.6 Å². The van der Waals surface area contributed by atoms with Crippen LogP contribution in [0, 0.1) is 12.7 Å². The van der Waals surface area contributed by atoms with Gasteiger partial charge in [0.25, 0.3) is 10.0 Å². The Hall–Kier alpha value is -3.59. The molecule has 3 aromatic rings. The first-order valence-corrected chi connectivity index (χ1v) is 11.5. The number of carbonyl (C=O) groups excluding carboxylic acids is 1. The first kappa shape index (κ1) is 24.1. The monoisotopic (exact) mass is 472 g/mol. The highest BCUT2D eigenvalue weighted by Crippen LogP contribution is 2.32. The van der Waals surface area contributed by atoms with Crippen molar-refractivity contribution in [1.82, 2.24) is 5.32 Å². The lowest BCUT2D eigenvalue weighted by Crippen LogP contribution is -2.41. The van der Waals surface area contributed by atoms with Gasteiger partial charge in [-0.3, -0.25) is 9.10 Å². The maximum Gasteiger partial charge on any atom is 0.265 e. The predicted molar refractivity (Wildman–Crippen MR) is 124 cm³/mol. The highest BCUT2D eigenvalue weighted by atomic mass is 32.2. The average Bonchev–Trinajstić information content (AvgIpc) is 2.81. The summed E-state index contributed by atoms with van der Waals surface area (Å²) in [7, 11) is -1.52. The fourth-order valence-corrected chi connectivity index (χ4v) is 4.71. The van der Waals surface area contributed by atoms with Crippen molar-refractivity contribution in [3.05, 3.63) is 83.7 Å². The molecule has 174 valence electrons. The summed E-state index contributed by atoms with van der Waals surface area (Å²) in [6.07, 6.45) is 0. The maximum atomic E-state index is 14.6. The molecule has 0 atom stereocenters.